The van der Waals surface area contributed by atoms with Gasteiger partial charge in [0.05, 0.1) is 11.9 Å². The van der Waals surface area contributed by atoms with Gasteiger partial charge in [-0.15, -0.1) is 5.10 Å². The summed E-state index contributed by atoms with van der Waals surface area (Å²) >= 11 is 0. The summed E-state index contributed by atoms with van der Waals surface area (Å²) in [6.45, 7) is 3.49. The van der Waals surface area contributed by atoms with Crippen molar-refractivity contribution in [2.24, 2.45) is 0 Å². The van der Waals surface area contributed by atoms with Crippen molar-refractivity contribution < 1.29 is 0 Å². The molecule has 0 bridgehead atoms. The third-order valence-corrected chi connectivity index (χ3v) is 5.91. The van der Waals surface area contributed by atoms with Crippen LogP contribution < -0.4 is 5.56 Å². The van der Waals surface area contributed by atoms with E-state index in [1.54, 1.807) is 0 Å². The van der Waals surface area contributed by atoms with E-state index < -0.39 is 0 Å². The Labute approximate surface area is 162 Å². The summed E-state index contributed by atoms with van der Waals surface area (Å²) in [5.74, 6) is 0.593. The number of hydrogen-bond donors (Lipinski definition) is 1. The van der Waals surface area contributed by atoms with Crippen LogP contribution in [0.3, 0.4) is 0 Å². The number of benzene rings is 2. The highest BCUT2D eigenvalue weighted by Gasteiger charge is 2.22. The van der Waals surface area contributed by atoms with E-state index >= 15 is 0 Å². The molecule has 0 atom stereocenters. The Morgan fingerprint density at radius 1 is 0.964 bits per heavy atom. The van der Waals surface area contributed by atoms with E-state index in [9.17, 15) is 4.79 Å². The van der Waals surface area contributed by atoms with Gasteiger partial charge in [-0.25, -0.2) is 4.68 Å². The van der Waals surface area contributed by atoms with Gasteiger partial charge in [0.1, 0.15) is 5.52 Å². The lowest BCUT2D eigenvalue weighted by Crippen LogP contribution is -2.37. The highest BCUT2D eigenvalue weighted by molar-refractivity contribution is 5.83. The molecule has 1 N–H and O–H groups in total. The Morgan fingerprint density at radius 3 is 2.57 bits per heavy atom. The van der Waals surface area contributed by atoms with Gasteiger partial charge in [0.2, 0.25) is 0 Å². The molecule has 0 radical (unpaired) electrons. The van der Waals surface area contributed by atoms with E-state index in [-0.39, 0.29) is 5.56 Å². The summed E-state index contributed by atoms with van der Waals surface area (Å²) < 4.78 is 1.49. The molecule has 1 aliphatic rings. The Balaban J connectivity index is 1.23. The van der Waals surface area contributed by atoms with Gasteiger partial charge in [0.15, 0.2) is 0 Å². The molecule has 3 heterocycles. The van der Waals surface area contributed by atoms with E-state index in [4.69, 9.17) is 0 Å². The zero-order valence-electron chi connectivity index (χ0n) is 15.7. The molecule has 5 rings (SSSR count). The topological polar surface area (TPSA) is 66.8 Å². The van der Waals surface area contributed by atoms with Crippen molar-refractivity contribution in [3.8, 4) is 0 Å². The SMILES string of the molecule is O=c1c2ccccc2nnn1CCN1CCC(c2c[nH]c3ccccc23)CC1. The molecular weight excluding hydrogens is 350 g/mol. The van der Waals surface area contributed by atoms with Crippen LogP contribution in [0.15, 0.2) is 59.5 Å². The monoisotopic (exact) mass is 373 g/mol. The summed E-state index contributed by atoms with van der Waals surface area (Å²) in [4.78, 5) is 18.4. The second-order valence-electron chi connectivity index (χ2n) is 7.54. The lowest BCUT2D eigenvalue weighted by Gasteiger charge is -2.31. The van der Waals surface area contributed by atoms with Crippen molar-refractivity contribution in [3.05, 3.63) is 70.6 Å². The minimum absolute atomic E-state index is 0.0562. The van der Waals surface area contributed by atoms with Crippen molar-refractivity contribution in [3.63, 3.8) is 0 Å². The maximum absolute atomic E-state index is 12.6. The Kier molecular flexibility index (Phi) is 4.41. The van der Waals surface area contributed by atoms with Crippen LogP contribution in [-0.2, 0) is 6.54 Å². The van der Waals surface area contributed by atoms with Crippen LogP contribution in [0.5, 0.6) is 0 Å². The number of aromatic amines is 1. The predicted octanol–water partition coefficient (Wildman–Crippen LogP) is 3.15. The summed E-state index contributed by atoms with van der Waals surface area (Å²) in [5.41, 5.74) is 3.25. The van der Waals surface area contributed by atoms with Gasteiger partial charge in [-0.1, -0.05) is 35.5 Å². The van der Waals surface area contributed by atoms with E-state index in [1.807, 2.05) is 24.3 Å². The van der Waals surface area contributed by atoms with E-state index in [2.05, 4.69) is 50.7 Å². The second-order valence-corrected chi connectivity index (χ2v) is 7.54. The molecule has 0 spiro atoms. The van der Waals surface area contributed by atoms with Gasteiger partial charge in [-0.3, -0.25) is 4.79 Å². The summed E-state index contributed by atoms with van der Waals surface area (Å²) in [5, 5.41) is 10.3. The minimum atomic E-state index is -0.0562. The van der Waals surface area contributed by atoms with E-state index in [0.717, 1.165) is 32.5 Å². The fourth-order valence-electron chi connectivity index (χ4n) is 4.31. The fourth-order valence-corrected chi connectivity index (χ4v) is 4.31. The highest BCUT2D eigenvalue weighted by atomic mass is 16.1. The maximum Gasteiger partial charge on any atom is 0.277 e. The Morgan fingerprint density at radius 2 is 1.71 bits per heavy atom. The Bertz CT molecular complexity index is 1170. The van der Waals surface area contributed by atoms with Crippen LogP contribution in [0.1, 0.15) is 24.3 Å². The van der Waals surface area contributed by atoms with Crippen LogP contribution in [0.4, 0.5) is 0 Å². The highest BCUT2D eigenvalue weighted by Crippen LogP contribution is 2.32. The molecule has 1 aliphatic heterocycles. The number of nitrogens with zero attached hydrogens (tertiary/aromatic N) is 4. The zero-order chi connectivity index (χ0) is 18.9. The lowest BCUT2D eigenvalue weighted by molar-refractivity contribution is 0.201. The average Bonchev–Trinajstić information content (AvgIpc) is 3.18. The van der Waals surface area contributed by atoms with Crippen molar-refractivity contribution in [2.45, 2.75) is 25.3 Å². The molecule has 2 aromatic carbocycles. The number of rotatable bonds is 4. The number of aromatic nitrogens is 4. The number of hydrogen-bond acceptors (Lipinski definition) is 4. The number of likely N-dealkylation sites (tertiary alicyclic amines) is 1. The molecule has 1 fully saturated rings. The van der Waals surface area contributed by atoms with E-state index in [1.165, 1.54) is 21.1 Å². The maximum atomic E-state index is 12.6. The zero-order valence-corrected chi connectivity index (χ0v) is 15.7. The van der Waals surface area contributed by atoms with Gasteiger partial charge >= 0.3 is 0 Å². The molecule has 4 aromatic rings. The van der Waals surface area contributed by atoms with Gasteiger partial charge in [0, 0.05) is 23.6 Å². The van der Waals surface area contributed by atoms with Crippen LogP contribution in [-0.4, -0.2) is 44.5 Å². The summed E-state index contributed by atoms with van der Waals surface area (Å²) in [6.07, 6.45) is 4.45. The largest absolute Gasteiger partial charge is 0.361 e. The first-order chi connectivity index (χ1) is 13.8. The molecule has 6 heteroatoms. The molecule has 28 heavy (non-hydrogen) atoms. The van der Waals surface area contributed by atoms with Crippen LogP contribution in [0.2, 0.25) is 0 Å². The first-order valence-electron chi connectivity index (χ1n) is 9.90. The van der Waals surface area contributed by atoms with Crippen molar-refractivity contribution in [1.29, 1.82) is 0 Å². The summed E-state index contributed by atoms with van der Waals surface area (Å²) in [7, 11) is 0. The second kappa shape index (κ2) is 7.20. The van der Waals surface area contributed by atoms with Crippen LogP contribution >= 0.6 is 0 Å². The standard InChI is InChI=1S/C22H23N5O/c28-22-18-6-2-4-8-21(18)24-25-27(22)14-13-26-11-9-16(10-12-26)19-15-23-20-7-3-1-5-17(19)20/h1-8,15-16,23H,9-14H2. The van der Waals surface area contributed by atoms with Gasteiger partial charge in [0.25, 0.3) is 5.56 Å². The third-order valence-electron chi connectivity index (χ3n) is 5.91. The Hall–Kier alpha value is -2.99. The lowest BCUT2D eigenvalue weighted by atomic mass is 9.89. The summed E-state index contributed by atoms with van der Waals surface area (Å²) in [6, 6.07) is 15.9. The van der Waals surface area contributed by atoms with Crippen molar-refractivity contribution >= 4 is 21.8 Å². The molecule has 2 aromatic heterocycles. The number of fused-ring (bicyclic) bond motifs is 2. The fraction of sp³-hybridized carbons (Fsp3) is 0.318. The minimum Gasteiger partial charge on any atom is -0.361 e. The molecule has 0 saturated carbocycles. The third kappa shape index (κ3) is 3.10. The molecule has 0 amide bonds. The van der Waals surface area contributed by atoms with Gasteiger partial charge in [-0.2, -0.15) is 0 Å². The molecule has 1 saturated heterocycles. The van der Waals surface area contributed by atoms with Crippen LogP contribution in [0.25, 0.3) is 21.8 Å². The first-order valence-corrected chi connectivity index (χ1v) is 9.90. The van der Waals surface area contributed by atoms with Crippen molar-refractivity contribution in [2.75, 3.05) is 19.6 Å². The number of H-pyrrole nitrogens is 1. The normalized spacial score (nSPS) is 16.1. The molecule has 0 aliphatic carbocycles. The van der Waals surface area contributed by atoms with Gasteiger partial charge in [-0.05, 0) is 55.6 Å². The predicted molar refractivity (Wildman–Crippen MR) is 111 cm³/mol. The number of piperidine rings is 1. The molecular formula is C22H23N5O. The van der Waals surface area contributed by atoms with Gasteiger partial charge < -0.3 is 9.88 Å². The van der Waals surface area contributed by atoms with E-state index in [0.29, 0.717) is 23.4 Å². The molecule has 6 nitrogen and oxygen atoms in total. The number of para-hydroxylation sites is 1. The number of nitrogens with one attached hydrogen (secondary N) is 1. The molecule has 142 valence electrons. The first kappa shape index (κ1) is 17.1. The smallest absolute Gasteiger partial charge is 0.277 e. The average molecular weight is 373 g/mol. The quantitative estimate of drug-likeness (QED) is 0.597. The molecule has 0 unspecified atom stereocenters. The van der Waals surface area contributed by atoms with Crippen LogP contribution in [0, 0.1) is 0 Å². The van der Waals surface area contributed by atoms with Crippen molar-refractivity contribution in [1.82, 2.24) is 24.9 Å².